The van der Waals surface area contributed by atoms with Crippen LogP contribution in [-0.2, 0) is 9.53 Å². The van der Waals surface area contributed by atoms with E-state index in [2.05, 4.69) is 20.1 Å². The number of rotatable bonds is 4. The van der Waals surface area contributed by atoms with Gasteiger partial charge in [0.2, 0.25) is 0 Å². The largest absolute Gasteiger partial charge is 0.368 e. The minimum Gasteiger partial charge on any atom is -0.368 e. The molecule has 0 bridgehead atoms. The van der Waals surface area contributed by atoms with Crippen molar-refractivity contribution in [2.45, 2.75) is 38.3 Å². The predicted octanol–water partition coefficient (Wildman–Crippen LogP) is 4.58. The minimum absolute atomic E-state index is 0.00804. The van der Waals surface area contributed by atoms with Crippen molar-refractivity contribution in [3.63, 3.8) is 0 Å². The second-order valence-corrected chi connectivity index (χ2v) is 7.13. The number of halogens is 1. The second-order valence-electron chi connectivity index (χ2n) is 7.13. The number of amides is 1. The molecule has 1 aromatic rings. The van der Waals surface area contributed by atoms with Crippen molar-refractivity contribution in [1.29, 1.82) is 0 Å². The van der Waals surface area contributed by atoms with E-state index in [1.165, 1.54) is 12.1 Å². The number of hydrogen-bond acceptors (Lipinski definition) is 2. The summed E-state index contributed by atoms with van der Waals surface area (Å²) in [5, 5.41) is 0. The number of carbonyl (C=O) groups is 1. The van der Waals surface area contributed by atoms with E-state index >= 15 is 0 Å². The molecule has 26 heavy (non-hydrogen) atoms. The predicted molar refractivity (Wildman–Crippen MR) is 101 cm³/mol. The van der Waals surface area contributed by atoms with Gasteiger partial charge in [0.05, 0.1) is 12.6 Å². The van der Waals surface area contributed by atoms with Crippen molar-refractivity contribution in [2.75, 3.05) is 13.2 Å². The number of hydrogen-bond donors (Lipinski definition) is 0. The Labute approximate surface area is 154 Å². The van der Waals surface area contributed by atoms with Gasteiger partial charge in [-0.3, -0.25) is 4.79 Å². The molecule has 1 unspecified atom stereocenters. The number of carbonyl (C=O) groups excluding carboxylic acids is 1. The van der Waals surface area contributed by atoms with Crippen LogP contribution >= 0.6 is 0 Å². The van der Waals surface area contributed by atoms with E-state index in [9.17, 15) is 9.18 Å². The first-order valence-electron chi connectivity index (χ1n) is 9.20. The molecular formula is C22H26FNO2. The highest BCUT2D eigenvalue weighted by Gasteiger charge is 2.36. The summed E-state index contributed by atoms with van der Waals surface area (Å²) in [6, 6.07) is 6.05. The van der Waals surface area contributed by atoms with E-state index in [0.717, 1.165) is 36.0 Å². The van der Waals surface area contributed by atoms with Gasteiger partial charge in [-0.15, -0.1) is 0 Å². The molecule has 1 fully saturated rings. The van der Waals surface area contributed by atoms with E-state index in [4.69, 9.17) is 4.74 Å². The smallest absolute Gasteiger partial charge is 0.252 e. The average Bonchev–Trinajstić information content (AvgIpc) is 2.67. The molecule has 0 saturated carbocycles. The van der Waals surface area contributed by atoms with E-state index in [-0.39, 0.29) is 17.8 Å². The van der Waals surface area contributed by atoms with Gasteiger partial charge in [-0.2, -0.15) is 0 Å². The zero-order valence-corrected chi connectivity index (χ0v) is 15.3. The SMILES string of the molecule is C=CC1=C(C=C)[C@H](c2ccc(F)cc2)N(C(=O)[C@H]2CCC(C)CO2)CC1. The fourth-order valence-corrected chi connectivity index (χ4v) is 3.83. The topological polar surface area (TPSA) is 29.5 Å². The summed E-state index contributed by atoms with van der Waals surface area (Å²) in [6.45, 7) is 11.2. The first-order valence-corrected chi connectivity index (χ1v) is 9.20. The molecule has 1 aromatic carbocycles. The number of ether oxygens (including phenoxy) is 1. The highest BCUT2D eigenvalue weighted by molar-refractivity contribution is 5.82. The Balaban J connectivity index is 1.96. The molecule has 4 heteroatoms. The molecule has 3 nitrogen and oxygen atoms in total. The second kappa shape index (κ2) is 8.00. The number of allylic oxidation sites excluding steroid dienone is 1. The first kappa shape index (κ1) is 18.6. The summed E-state index contributed by atoms with van der Waals surface area (Å²) < 4.78 is 19.2. The first-order chi connectivity index (χ1) is 12.5. The van der Waals surface area contributed by atoms with Crippen LogP contribution in [0.3, 0.4) is 0 Å². The molecule has 0 radical (unpaired) electrons. The number of nitrogens with zero attached hydrogens (tertiary/aromatic N) is 1. The van der Waals surface area contributed by atoms with Gasteiger partial charge in [0.15, 0.2) is 0 Å². The van der Waals surface area contributed by atoms with Gasteiger partial charge in [-0.1, -0.05) is 44.4 Å². The molecule has 2 heterocycles. The van der Waals surface area contributed by atoms with Crippen LogP contribution in [0.15, 0.2) is 60.7 Å². The van der Waals surface area contributed by atoms with E-state index in [0.29, 0.717) is 19.1 Å². The van der Waals surface area contributed by atoms with Crippen LogP contribution in [0.2, 0.25) is 0 Å². The van der Waals surface area contributed by atoms with Crippen molar-refractivity contribution >= 4 is 5.91 Å². The Bertz CT molecular complexity index is 714. The molecule has 0 N–H and O–H groups in total. The molecule has 2 aliphatic rings. The molecule has 0 spiro atoms. The third-order valence-corrected chi connectivity index (χ3v) is 5.31. The molecule has 3 rings (SSSR count). The molecule has 0 aromatic heterocycles. The van der Waals surface area contributed by atoms with Crippen LogP contribution in [0, 0.1) is 11.7 Å². The zero-order chi connectivity index (χ0) is 18.7. The van der Waals surface area contributed by atoms with E-state index < -0.39 is 6.10 Å². The van der Waals surface area contributed by atoms with Gasteiger partial charge in [0.25, 0.3) is 5.91 Å². The van der Waals surface area contributed by atoms with Gasteiger partial charge in [0.1, 0.15) is 11.9 Å². The van der Waals surface area contributed by atoms with Gasteiger partial charge >= 0.3 is 0 Å². The Hall–Kier alpha value is -2.20. The summed E-state index contributed by atoms with van der Waals surface area (Å²) in [5.74, 6) is 0.207. The Morgan fingerprint density at radius 3 is 2.54 bits per heavy atom. The lowest BCUT2D eigenvalue weighted by Gasteiger charge is -2.40. The summed E-state index contributed by atoms with van der Waals surface area (Å²) in [7, 11) is 0. The van der Waals surface area contributed by atoms with Crippen molar-refractivity contribution in [3.05, 3.63) is 72.1 Å². The lowest BCUT2D eigenvalue weighted by Crippen LogP contribution is -2.47. The van der Waals surface area contributed by atoms with Crippen LogP contribution in [0.25, 0.3) is 0 Å². The molecule has 0 aliphatic carbocycles. The maximum Gasteiger partial charge on any atom is 0.252 e. The monoisotopic (exact) mass is 355 g/mol. The van der Waals surface area contributed by atoms with Crippen LogP contribution < -0.4 is 0 Å². The lowest BCUT2D eigenvalue weighted by atomic mass is 9.87. The van der Waals surface area contributed by atoms with Crippen LogP contribution in [0.4, 0.5) is 4.39 Å². The van der Waals surface area contributed by atoms with Crippen LogP contribution in [0.1, 0.15) is 37.8 Å². The number of benzene rings is 1. The van der Waals surface area contributed by atoms with Gasteiger partial charge in [0, 0.05) is 6.54 Å². The highest BCUT2D eigenvalue weighted by Crippen LogP contribution is 2.38. The Morgan fingerprint density at radius 1 is 1.23 bits per heavy atom. The van der Waals surface area contributed by atoms with Crippen molar-refractivity contribution < 1.29 is 13.9 Å². The summed E-state index contributed by atoms with van der Waals surface area (Å²) >= 11 is 0. The molecular weight excluding hydrogens is 329 g/mol. The quantitative estimate of drug-likeness (QED) is 0.791. The van der Waals surface area contributed by atoms with Crippen LogP contribution in [0.5, 0.6) is 0 Å². The Morgan fingerprint density at radius 2 is 1.96 bits per heavy atom. The fourth-order valence-electron chi connectivity index (χ4n) is 3.83. The molecule has 1 saturated heterocycles. The van der Waals surface area contributed by atoms with Gasteiger partial charge < -0.3 is 9.64 Å². The fraction of sp³-hybridized carbons (Fsp3) is 0.409. The molecule has 3 atom stereocenters. The zero-order valence-electron chi connectivity index (χ0n) is 15.3. The van der Waals surface area contributed by atoms with Gasteiger partial charge in [-0.05, 0) is 54.0 Å². The summed E-state index contributed by atoms with van der Waals surface area (Å²) in [4.78, 5) is 15.1. The van der Waals surface area contributed by atoms with Gasteiger partial charge in [-0.25, -0.2) is 4.39 Å². The lowest BCUT2D eigenvalue weighted by molar-refractivity contribution is -0.150. The molecule has 138 valence electrons. The molecule has 2 aliphatic heterocycles. The average molecular weight is 355 g/mol. The Kier molecular flexibility index (Phi) is 5.72. The summed E-state index contributed by atoms with van der Waals surface area (Å²) in [5.41, 5.74) is 2.91. The van der Waals surface area contributed by atoms with Crippen LogP contribution in [-0.4, -0.2) is 30.1 Å². The van der Waals surface area contributed by atoms with Crippen molar-refractivity contribution in [3.8, 4) is 0 Å². The maximum atomic E-state index is 13.4. The van der Waals surface area contributed by atoms with Crippen molar-refractivity contribution in [2.24, 2.45) is 5.92 Å². The van der Waals surface area contributed by atoms with E-state index in [1.54, 1.807) is 18.2 Å². The normalized spacial score (nSPS) is 26.5. The van der Waals surface area contributed by atoms with Crippen molar-refractivity contribution in [1.82, 2.24) is 4.90 Å². The third-order valence-electron chi connectivity index (χ3n) is 5.31. The minimum atomic E-state index is -0.398. The highest BCUT2D eigenvalue weighted by atomic mass is 19.1. The summed E-state index contributed by atoms with van der Waals surface area (Å²) in [6.07, 6.45) is 5.69. The maximum absolute atomic E-state index is 13.4. The standard InChI is InChI=1S/C22H26FNO2/c1-4-16-12-13-24(22(25)20-11-6-15(3)14-26-20)21(19(16)5-2)17-7-9-18(23)10-8-17/h4-5,7-10,15,20-21H,1-2,6,11-14H2,3H3/t15?,20-,21+/m1/s1. The molecule has 1 amide bonds. The van der Waals surface area contributed by atoms with E-state index in [1.807, 2.05) is 11.0 Å². The third kappa shape index (κ3) is 3.65.